The van der Waals surface area contributed by atoms with E-state index in [4.69, 9.17) is 5.73 Å². The summed E-state index contributed by atoms with van der Waals surface area (Å²) in [5.41, 5.74) is 7.22. The Bertz CT molecular complexity index is 404. The zero-order valence-corrected chi connectivity index (χ0v) is 12.0. The van der Waals surface area contributed by atoms with E-state index in [0.29, 0.717) is 12.0 Å². The van der Waals surface area contributed by atoms with E-state index in [0.717, 1.165) is 25.2 Å². The zero-order valence-electron chi connectivity index (χ0n) is 12.0. The van der Waals surface area contributed by atoms with Crippen molar-refractivity contribution < 1.29 is 4.39 Å². The summed E-state index contributed by atoms with van der Waals surface area (Å²) in [4.78, 5) is 4.69. The second-order valence-electron chi connectivity index (χ2n) is 5.88. The molecule has 0 aliphatic carbocycles. The summed E-state index contributed by atoms with van der Waals surface area (Å²) in [5.74, 6) is 0.453. The minimum atomic E-state index is -0.210. The van der Waals surface area contributed by atoms with E-state index < -0.39 is 0 Å². The number of rotatable bonds is 4. The van der Waals surface area contributed by atoms with Gasteiger partial charge in [-0.25, -0.2) is 4.39 Å². The summed E-state index contributed by atoms with van der Waals surface area (Å²) in [6.45, 7) is 5.26. The molecule has 3 unspecified atom stereocenters. The van der Waals surface area contributed by atoms with Crippen LogP contribution in [0.2, 0.25) is 0 Å². The Morgan fingerprint density at radius 3 is 2.47 bits per heavy atom. The van der Waals surface area contributed by atoms with Crippen molar-refractivity contribution in [2.24, 2.45) is 11.7 Å². The Morgan fingerprint density at radius 1 is 1.32 bits per heavy atom. The average Bonchev–Trinajstić information content (AvgIpc) is 2.71. The summed E-state index contributed by atoms with van der Waals surface area (Å²) >= 11 is 0. The molecule has 2 rings (SSSR count). The number of nitrogens with two attached hydrogens (primary N) is 1. The molecule has 106 valence electrons. The summed E-state index contributed by atoms with van der Waals surface area (Å²) in [5, 5.41) is 0. The van der Waals surface area contributed by atoms with Crippen molar-refractivity contribution in [3.63, 3.8) is 0 Å². The number of hydrogen-bond donors (Lipinski definition) is 1. The first kappa shape index (κ1) is 14.4. The Morgan fingerprint density at radius 2 is 1.95 bits per heavy atom. The van der Waals surface area contributed by atoms with Gasteiger partial charge in [-0.3, -0.25) is 4.90 Å². The standard InChI is InChI=1S/C15H24FN3/c1-11-8-19(10-15(11)18(2)3)9-14(17)12-4-6-13(16)7-5-12/h4-7,11,14-15H,8-10,17H2,1-3H3. The molecular weight excluding hydrogens is 241 g/mol. The SMILES string of the molecule is CC1CN(CC(N)c2ccc(F)cc2)CC1N(C)C. The van der Waals surface area contributed by atoms with Crippen LogP contribution >= 0.6 is 0 Å². The van der Waals surface area contributed by atoms with Gasteiger partial charge in [0.25, 0.3) is 0 Å². The van der Waals surface area contributed by atoms with Gasteiger partial charge in [-0.2, -0.15) is 0 Å². The Balaban J connectivity index is 1.93. The predicted molar refractivity (Wildman–Crippen MR) is 76.4 cm³/mol. The van der Waals surface area contributed by atoms with E-state index in [1.54, 1.807) is 12.1 Å². The molecule has 0 saturated carbocycles. The maximum absolute atomic E-state index is 12.9. The van der Waals surface area contributed by atoms with Crippen LogP contribution in [0.1, 0.15) is 18.5 Å². The number of halogens is 1. The number of benzene rings is 1. The quantitative estimate of drug-likeness (QED) is 0.899. The first-order valence-electron chi connectivity index (χ1n) is 6.87. The molecule has 1 aliphatic heterocycles. The summed E-state index contributed by atoms with van der Waals surface area (Å²) < 4.78 is 12.9. The molecule has 3 nitrogen and oxygen atoms in total. The lowest BCUT2D eigenvalue weighted by Crippen LogP contribution is -2.36. The van der Waals surface area contributed by atoms with Crippen molar-refractivity contribution in [3.8, 4) is 0 Å². The molecule has 1 aromatic carbocycles. The van der Waals surface area contributed by atoms with E-state index in [9.17, 15) is 4.39 Å². The molecule has 1 saturated heterocycles. The highest BCUT2D eigenvalue weighted by molar-refractivity contribution is 5.20. The van der Waals surface area contributed by atoms with Gasteiger partial charge in [-0.1, -0.05) is 19.1 Å². The zero-order chi connectivity index (χ0) is 14.0. The van der Waals surface area contributed by atoms with E-state index in [1.165, 1.54) is 12.1 Å². The van der Waals surface area contributed by atoms with Crippen LogP contribution in [0.25, 0.3) is 0 Å². The fourth-order valence-corrected chi connectivity index (χ4v) is 2.96. The van der Waals surface area contributed by atoms with Gasteiger partial charge < -0.3 is 10.6 Å². The fourth-order valence-electron chi connectivity index (χ4n) is 2.96. The van der Waals surface area contributed by atoms with E-state index in [-0.39, 0.29) is 11.9 Å². The van der Waals surface area contributed by atoms with Crippen molar-refractivity contribution in [2.45, 2.75) is 19.0 Å². The highest BCUT2D eigenvalue weighted by atomic mass is 19.1. The lowest BCUT2D eigenvalue weighted by atomic mass is 10.1. The third kappa shape index (κ3) is 3.53. The van der Waals surface area contributed by atoms with Crippen LogP contribution in [0, 0.1) is 11.7 Å². The lowest BCUT2D eigenvalue weighted by Gasteiger charge is -2.23. The second-order valence-corrected chi connectivity index (χ2v) is 5.88. The molecule has 1 fully saturated rings. The van der Waals surface area contributed by atoms with Gasteiger partial charge in [0.1, 0.15) is 5.82 Å². The number of hydrogen-bond acceptors (Lipinski definition) is 3. The van der Waals surface area contributed by atoms with Crippen molar-refractivity contribution >= 4 is 0 Å². The number of likely N-dealkylation sites (tertiary alicyclic amines) is 1. The van der Waals surface area contributed by atoms with Crippen molar-refractivity contribution in [2.75, 3.05) is 33.7 Å². The van der Waals surface area contributed by atoms with E-state index in [2.05, 4.69) is 30.8 Å². The third-order valence-corrected chi connectivity index (χ3v) is 4.06. The van der Waals surface area contributed by atoms with Crippen LogP contribution < -0.4 is 5.73 Å². The van der Waals surface area contributed by atoms with Gasteiger partial charge in [0.2, 0.25) is 0 Å². The van der Waals surface area contributed by atoms with Crippen LogP contribution in [0.4, 0.5) is 4.39 Å². The Kier molecular flexibility index (Phi) is 4.55. The van der Waals surface area contributed by atoms with Crippen LogP contribution in [0.15, 0.2) is 24.3 Å². The molecule has 0 spiro atoms. The van der Waals surface area contributed by atoms with Gasteiger partial charge in [0.15, 0.2) is 0 Å². The molecule has 3 atom stereocenters. The molecule has 2 N–H and O–H groups in total. The van der Waals surface area contributed by atoms with Crippen LogP contribution in [-0.4, -0.2) is 49.6 Å². The maximum Gasteiger partial charge on any atom is 0.123 e. The molecule has 4 heteroatoms. The largest absolute Gasteiger partial charge is 0.323 e. The highest BCUT2D eigenvalue weighted by Gasteiger charge is 2.31. The predicted octanol–water partition coefficient (Wildman–Crippen LogP) is 1.71. The monoisotopic (exact) mass is 265 g/mol. The topological polar surface area (TPSA) is 32.5 Å². The number of nitrogens with zero attached hydrogens (tertiary/aromatic N) is 2. The minimum absolute atomic E-state index is 0.0475. The molecule has 1 aliphatic rings. The highest BCUT2D eigenvalue weighted by Crippen LogP contribution is 2.22. The summed E-state index contributed by atoms with van der Waals surface area (Å²) in [7, 11) is 4.26. The minimum Gasteiger partial charge on any atom is -0.323 e. The summed E-state index contributed by atoms with van der Waals surface area (Å²) in [6, 6.07) is 7.06. The second kappa shape index (κ2) is 5.99. The Hall–Kier alpha value is -0.970. The molecule has 0 radical (unpaired) electrons. The number of likely N-dealkylation sites (N-methyl/N-ethyl adjacent to an activating group) is 1. The third-order valence-electron chi connectivity index (χ3n) is 4.06. The van der Waals surface area contributed by atoms with Crippen LogP contribution in [0.5, 0.6) is 0 Å². The first-order chi connectivity index (χ1) is 8.97. The van der Waals surface area contributed by atoms with Gasteiger partial charge in [-0.15, -0.1) is 0 Å². The van der Waals surface area contributed by atoms with Crippen molar-refractivity contribution in [1.82, 2.24) is 9.80 Å². The smallest absolute Gasteiger partial charge is 0.123 e. The van der Waals surface area contributed by atoms with Crippen LogP contribution in [0.3, 0.4) is 0 Å². The van der Waals surface area contributed by atoms with Crippen LogP contribution in [-0.2, 0) is 0 Å². The molecule has 1 heterocycles. The molecule has 0 bridgehead atoms. The molecule has 1 aromatic rings. The maximum atomic E-state index is 12.9. The van der Waals surface area contributed by atoms with E-state index >= 15 is 0 Å². The van der Waals surface area contributed by atoms with E-state index in [1.807, 2.05) is 0 Å². The fraction of sp³-hybridized carbons (Fsp3) is 0.600. The van der Waals surface area contributed by atoms with Gasteiger partial charge >= 0.3 is 0 Å². The molecule has 0 amide bonds. The first-order valence-corrected chi connectivity index (χ1v) is 6.87. The van der Waals surface area contributed by atoms with Crippen molar-refractivity contribution in [1.29, 1.82) is 0 Å². The van der Waals surface area contributed by atoms with Gasteiger partial charge in [-0.05, 0) is 37.7 Å². The molecule has 19 heavy (non-hydrogen) atoms. The van der Waals surface area contributed by atoms with Crippen molar-refractivity contribution in [3.05, 3.63) is 35.6 Å². The normalized spacial score (nSPS) is 26.0. The Labute approximate surface area is 115 Å². The van der Waals surface area contributed by atoms with Gasteiger partial charge in [0.05, 0.1) is 0 Å². The molecular formula is C15H24FN3. The van der Waals surface area contributed by atoms with Gasteiger partial charge in [0, 0.05) is 31.7 Å². The average molecular weight is 265 g/mol. The molecule has 0 aromatic heterocycles. The summed E-state index contributed by atoms with van der Waals surface area (Å²) in [6.07, 6.45) is 0. The lowest BCUT2D eigenvalue weighted by molar-refractivity contribution is 0.248.